The van der Waals surface area contributed by atoms with E-state index in [0.717, 1.165) is 6.08 Å². The molecule has 1 aliphatic heterocycles. The topological polar surface area (TPSA) is 91.3 Å². The van der Waals surface area contributed by atoms with Gasteiger partial charge in [-0.2, -0.15) is 0 Å². The Kier molecular flexibility index (Phi) is 5.02. The SMILES string of the molecule is COc1c(O)ccc(C=CC(=O)OC2(C)OCCO2)c1C(C)=O. The molecule has 23 heavy (non-hydrogen) atoms. The number of rotatable bonds is 5. The number of carbonyl (C=O) groups is 2. The number of phenols is 1. The molecule has 0 aliphatic carbocycles. The van der Waals surface area contributed by atoms with Crippen molar-refractivity contribution < 1.29 is 33.6 Å². The number of benzene rings is 1. The van der Waals surface area contributed by atoms with Crippen LogP contribution in [0, 0.1) is 0 Å². The quantitative estimate of drug-likeness (QED) is 0.503. The second kappa shape index (κ2) is 6.80. The molecule has 0 spiro atoms. The summed E-state index contributed by atoms with van der Waals surface area (Å²) in [6, 6.07) is 2.88. The minimum atomic E-state index is -1.39. The highest BCUT2D eigenvalue weighted by Crippen LogP contribution is 2.33. The molecule has 1 heterocycles. The molecule has 1 aromatic rings. The lowest BCUT2D eigenvalue weighted by Crippen LogP contribution is -2.31. The third kappa shape index (κ3) is 3.88. The van der Waals surface area contributed by atoms with E-state index in [0.29, 0.717) is 18.8 Å². The zero-order chi connectivity index (χ0) is 17.0. The van der Waals surface area contributed by atoms with Gasteiger partial charge in [0, 0.05) is 13.0 Å². The molecule has 1 N–H and O–H groups in total. The maximum absolute atomic E-state index is 11.8. The molecule has 7 heteroatoms. The molecule has 0 unspecified atom stereocenters. The van der Waals surface area contributed by atoms with Crippen molar-refractivity contribution in [1.29, 1.82) is 0 Å². The van der Waals surface area contributed by atoms with Gasteiger partial charge < -0.3 is 24.1 Å². The van der Waals surface area contributed by atoms with Crippen LogP contribution in [0.3, 0.4) is 0 Å². The van der Waals surface area contributed by atoms with Crippen molar-refractivity contribution in [3.63, 3.8) is 0 Å². The molecule has 0 saturated carbocycles. The van der Waals surface area contributed by atoms with Crippen LogP contribution in [0.15, 0.2) is 18.2 Å². The molecule has 2 rings (SSSR count). The molecular formula is C16H18O7. The summed E-state index contributed by atoms with van der Waals surface area (Å²) in [5, 5.41) is 9.74. The van der Waals surface area contributed by atoms with E-state index in [1.807, 2.05) is 0 Å². The average Bonchev–Trinajstić information content (AvgIpc) is 2.91. The van der Waals surface area contributed by atoms with Crippen LogP contribution in [-0.2, 0) is 19.0 Å². The van der Waals surface area contributed by atoms with Gasteiger partial charge in [-0.3, -0.25) is 4.79 Å². The normalized spacial score (nSPS) is 16.5. The fourth-order valence-corrected chi connectivity index (χ4v) is 2.22. The Bertz CT molecular complexity index is 642. The van der Waals surface area contributed by atoms with E-state index < -0.39 is 11.9 Å². The monoisotopic (exact) mass is 322 g/mol. The fraction of sp³-hybridized carbons (Fsp3) is 0.375. The molecule has 0 atom stereocenters. The van der Waals surface area contributed by atoms with Crippen molar-refractivity contribution in [3.8, 4) is 11.5 Å². The number of hydrogen-bond acceptors (Lipinski definition) is 7. The number of carbonyl (C=O) groups excluding carboxylic acids is 2. The molecule has 1 fully saturated rings. The number of ether oxygens (including phenoxy) is 4. The van der Waals surface area contributed by atoms with Crippen molar-refractivity contribution in [2.75, 3.05) is 20.3 Å². The molecule has 0 aromatic heterocycles. The summed E-state index contributed by atoms with van der Waals surface area (Å²) < 4.78 is 20.5. The first-order valence-corrected chi connectivity index (χ1v) is 6.96. The van der Waals surface area contributed by atoms with Crippen molar-refractivity contribution in [2.45, 2.75) is 19.8 Å². The molecule has 7 nitrogen and oxygen atoms in total. The lowest BCUT2D eigenvalue weighted by Gasteiger charge is -2.20. The highest BCUT2D eigenvalue weighted by atomic mass is 16.9. The van der Waals surface area contributed by atoms with Gasteiger partial charge in [0.15, 0.2) is 17.3 Å². The highest BCUT2D eigenvalue weighted by molar-refractivity contribution is 6.02. The van der Waals surface area contributed by atoms with Crippen LogP contribution in [0.1, 0.15) is 29.8 Å². The third-order valence-electron chi connectivity index (χ3n) is 3.22. The number of hydrogen-bond donors (Lipinski definition) is 1. The minimum absolute atomic E-state index is 0.0578. The van der Waals surface area contributed by atoms with Crippen molar-refractivity contribution in [1.82, 2.24) is 0 Å². The Morgan fingerprint density at radius 1 is 1.30 bits per heavy atom. The maximum Gasteiger partial charge on any atom is 0.335 e. The lowest BCUT2D eigenvalue weighted by molar-refractivity contribution is -0.299. The minimum Gasteiger partial charge on any atom is -0.504 e. The Morgan fingerprint density at radius 3 is 2.52 bits per heavy atom. The summed E-state index contributed by atoms with van der Waals surface area (Å²) in [7, 11) is 1.35. The van der Waals surface area contributed by atoms with Crippen LogP contribution < -0.4 is 4.74 Å². The smallest absolute Gasteiger partial charge is 0.335 e. The van der Waals surface area contributed by atoms with Crippen LogP contribution in [0.4, 0.5) is 0 Å². The molecule has 0 amide bonds. The van der Waals surface area contributed by atoms with E-state index >= 15 is 0 Å². The summed E-state index contributed by atoms with van der Waals surface area (Å²) in [6.45, 7) is 3.53. The molecule has 1 aliphatic rings. The standard InChI is InChI=1S/C16H18O7/c1-10(17)14-11(4-6-12(18)15(14)20-3)5-7-13(19)23-16(2)21-8-9-22-16/h4-7,18H,8-9H2,1-3H3. The van der Waals surface area contributed by atoms with Crippen LogP contribution >= 0.6 is 0 Å². The number of Topliss-reactive ketones (excluding diaryl/α,β-unsaturated/α-hetero) is 1. The van der Waals surface area contributed by atoms with Gasteiger partial charge in [-0.1, -0.05) is 6.07 Å². The number of methoxy groups -OCH3 is 1. The Balaban J connectivity index is 2.22. The largest absolute Gasteiger partial charge is 0.504 e. The maximum atomic E-state index is 11.8. The molecule has 1 aromatic carbocycles. The van der Waals surface area contributed by atoms with Gasteiger partial charge >= 0.3 is 11.9 Å². The van der Waals surface area contributed by atoms with Crippen molar-refractivity contribution in [3.05, 3.63) is 29.3 Å². The summed E-state index contributed by atoms with van der Waals surface area (Å²) in [4.78, 5) is 23.6. The van der Waals surface area contributed by atoms with Gasteiger partial charge in [0.25, 0.3) is 0 Å². The summed E-state index contributed by atoms with van der Waals surface area (Å²) in [5.41, 5.74) is 0.596. The number of esters is 1. The molecule has 124 valence electrons. The van der Waals surface area contributed by atoms with Gasteiger partial charge in [0.1, 0.15) is 0 Å². The van der Waals surface area contributed by atoms with Gasteiger partial charge in [-0.15, -0.1) is 0 Å². The van der Waals surface area contributed by atoms with Crippen LogP contribution in [0.25, 0.3) is 6.08 Å². The van der Waals surface area contributed by atoms with Gasteiger partial charge in [-0.25, -0.2) is 4.79 Å². The van der Waals surface area contributed by atoms with Gasteiger partial charge in [0.05, 0.1) is 25.9 Å². The van der Waals surface area contributed by atoms with Crippen LogP contribution in [0.5, 0.6) is 11.5 Å². The van der Waals surface area contributed by atoms with E-state index in [4.69, 9.17) is 18.9 Å². The number of aromatic hydroxyl groups is 1. The third-order valence-corrected chi connectivity index (χ3v) is 3.22. The predicted octanol–water partition coefficient (Wildman–Crippen LogP) is 1.88. The van der Waals surface area contributed by atoms with Crippen LogP contribution in [-0.4, -0.2) is 43.2 Å². The number of phenolic OH excluding ortho intramolecular Hbond substituents is 1. The summed E-state index contributed by atoms with van der Waals surface area (Å²) in [6.07, 6.45) is 2.55. The zero-order valence-electron chi connectivity index (χ0n) is 13.1. The van der Waals surface area contributed by atoms with E-state index in [1.165, 1.54) is 39.2 Å². The fourth-order valence-electron chi connectivity index (χ4n) is 2.22. The second-order valence-electron chi connectivity index (χ2n) is 4.95. The Hall–Kier alpha value is -2.38. The van der Waals surface area contributed by atoms with Crippen LogP contribution in [0.2, 0.25) is 0 Å². The average molecular weight is 322 g/mol. The lowest BCUT2D eigenvalue weighted by atomic mass is 10.0. The van der Waals surface area contributed by atoms with E-state index in [-0.39, 0.29) is 22.8 Å². The Morgan fingerprint density at radius 2 is 1.96 bits per heavy atom. The van der Waals surface area contributed by atoms with Gasteiger partial charge in [0.2, 0.25) is 0 Å². The summed E-state index contributed by atoms with van der Waals surface area (Å²) in [5.74, 6) is -2.48. The molecule has 1 saturated heterocycles. The first-order valence-electron chi connectivity index (χ1n) is 6.96. The molecular weight excluding hydrogens is 304 g/mol. The summed E-state index contributed by atoms with van der Waals surface area (Å²) >= 11 is 0. The molecule has 0 bridgehead atoms. The first kappa shape index (κ1) is 17.0. The highest BCUT2D eigenvalue weighted by Gasteiger charge is 2.35. The van der Waals surface area contributed by atoms with Crippen molar-refractivity contribution >= 4 is 17.8 Å². The predicted molar refractivity (Wildman–Crippen MR) is 80.1 cm³/mol. The Labute approximate surface area is 133 Å². The van der Waals surface area contributed by atoms with Crippen molar-refractivity contribution in [2.24, 2.45) is 0 Å². The van der Waals surface area contributed by atoms with E-state index in [2.05, 4.69) is 0 Å². The first-order chi connectivity index (χ1) is 10.9. The van der Waals surface area contributed by atoms with E-state index in [9.17, 15) is 14.7 Å². The van der Waals surface area contributed by atoms with E-state index in [1.54, 1.807) is 0 Å². The second-order valence-corrected chi connectivity index (χ2v) is 4.95. The number of ketones is 1. The zero-order valence-corrected chi connectivity index (χ0v) is 13.1. The van der Waals surface area contributed by atoms with Gasteiger partial charge in [-0.05, 0) is 24.6 Å². The molecule has 0 radical (unpaired) electrons.